The Morgan fingerprint density at radius 2 is 1.97 bits per heavy atom. The number of ether oxygens (including phenoxy) is 3. The lowest BCUT2D eigenvalue weighted by Crippen LogP contribution is -2.12. The van der Waals surface area contributed by atoms with Crippen LogP contribution in [0, 0.1) is 10.1 Å². The molecule has 4 rings (SSSR count). The van der Waals surface area contributed by atoms with Crippen molar-refractivity contribution < 1.29 is 23.9 Å². The molecule has 0 amide bonds. The summed E-state index contributed by atoms with van der Waals surface area (Å²) in [5.74, 6) is -0.0750. The number of aromatic nitrogens is 4. The summed E-state index contributed by atoms with van der Waals surface area (Å²) in [4.78, 5) is 29.0. The molecule has 0 N–H and O–H groups in total. The lowest BCUT2D eigenvalue weighted by molar-refractivity contribution is -0.387. The van der Waals surface area contributed by atoms with Crippen molar-refractivity contribution in [1.29, 1.82) is 0 Å². The lowest BCUT2D eigenvalue weighted by atomic mass is 10.3. The van der Waals surface area contributed by atoms with Crippen molar-refractivity contribution in [3.63, 3.8) is 0 Å². The molecule has 14 heteroatoms. The van der Waals surface area contributed by atoms with Crippen molar-refractivity contribution in [3.05, 3.63) is 69.5 Å². The summed E-state index contributed by atoms with van der Waals surface area (Å²) in [7, 11) is 4.12. The Morgan fingerprint density at radius 3 is 2.73 bits per heavy atom. The van der Waals surface area contributed by atoms with Gasteiger partial charge in [-0.05, 0) is 35.9 Å². The highest BCUT2D eigenvalue weighted by Crippen LogP contribution is 2.45. The second-order valence-corrected chi connectivity index (χ2v) is 10.0. The van der Waals surface area contributed by atoms with Crippen LogP contribution in [0.2, 0.25) is 5.02 Å². The maximum absolute atomic E-state index is 12.1. The Labute approximate surface area is 224 Å². The standard InChI is InChI=1S/C23H22ClN5O6S2/c1-3-35-22(30)15-12-25-28(13-15)23-26-17-11-21(37-36-20-7-5-4-6-18(20)29(31)32)16(24)10-19(17)27(23)14-34-9-8-33-2/h4-7,10-13H,3,8-9,14H2,1-2H3. The second-order valence-electron chi connectivity index (χ2n) is 7.43. The molecule has 2 aromatic heterocycles. The topological polar surface area (TPSA) is 124 Å². The number of nitro groups is 1. The molecular formula is C23H22ClN5O6S2. The number of imidazole rings is 1. The molecule has 2 aromatic carbocycles. The molecular weight excluding hydrogens is 542 g/mol. The number of nitro benzene ring substituents is 1. The van der Waals surface area contributed by atoms with E-state index < -0.39 is 10.9 Å². The van der Waals surface area contributed by atoms with Gasteiger partial charge in [-0.15, -0.1) is 0 Å². The van der Waals surface area contributed by atoms with E-state index in [-0.39, 0.29) is 24.6 Å². The van der Waals surface area contributed by atoms with Gasteiger partial charge in [0, 0.05) is 24.3 Å². The number of nitrogens with zero attached hydrogens (tertiary/aromatic N) is 5. The van der Waals surface area contributed by atoms with E-state index in [4.69, 9.17) is 30.8 Å². The number of hydrogen-bond acceptors (Lipinski definition) is 10. The molecule has 0 unspecified atom stereocenters. The van der Waals surface area contributed by atoms with Gasteiger partial charge < -0.3 is 14.2 Å². The van der Waals surface area contributed by atoms with Crippen LogP contribution in [0.1, 0.15) is 17.3 Å². The summed E-state index contributed by atoms with van der Waals surface area (Å²) in [6.07, 6.45) is 2.94. The summed E-state index contributed by atoms with van der Waals surface area (Å²) in [5, 5.41) is 16.1. The van der Waals surface area contributed by atoms with Crippen molar-refractivity contribution in [1.82, 2.24) is 19.3 Å². The van der Waals surface area contributed by atoms with Crippen LogP contribution in [0.15, 0.2) is 58.6 Å². The van der Waals surface area contributed by atoms with E-state index in [9.17, 15) is 14.9 Å². The van der Waals surface area contributed by atoms with Gasteiger partial charge in [0.15, 0.2) is 0 Å². The molecule has 194 valence electrons. The molecule has 0 aliphatic heterocycles. The third-order valence-corrected chi connectivity index (χ3v) is 7.89. The van der Waals surface area contributed by atoms with Crippen LogP contribution in [0.5, 0.6) is 0 Å². The number of benzene rings is 2. The lowest BCUT2D eigenvalue weighted by Gasteiger charge is -2.10. The molecule has 0 saturated carbocycles. The molecule has 11 nitrogen and oxygen atoms in total. The van der Waals surface area contributed by atoms with Crippen molar-refractivity contribution in [2.24, 2.45) is 0 Å². The van der Waals surface area contributed by atoms with Crippen molar-refractivity contribution in [2.75, 3.05) is 26.9 Å². The number of hydrogen-bond donors (Lipinski definition) is 0. The molecule has 0 aliphatic carbocycles. The van der Waals surface area contributed by atoms with Crippen LogP contribution in [0.4, 0.5) is 5.69 Å². The molecule has 0 atom stereocenters. The van der Waals surface area contributed by atoms with E-state index in [0.29, 0.717) is 45.0 Å². The third-order valence-electron chi connectivity index (χ3n) is 5.02. The summed E-state index contributed by atoms with van der Waals surface area (Å²) < 4.78 is 19.1. The zero-order chi connectivity index (χ0) is 26.4. The third kappa shape index (κ3) is 6.25. The fraction of sp³-hybridized carbons (Fsp3) is 0.261. The van der Waals surface area contributed by atoms with Crippen molar-refractivity contribution in [3.8, 4) is 5.95 Å². The Bertz CT molecular complexity index is 1430. The van der Waals surface area contributed by atoms with Crippen LogP contribution in [-0.2, 0) is 20.9 Å². The van der Waals surface area contributed by atoms with E-state index in [1.807, 2.05) is 0 Å². The summed E-state index contributed by atoms with van der Waals surface area (Å²) >= 11 is 6.61. The van der Waals surface area contributed by atoms with Gasteiger partial charge in [0.25, 0.3) is 5.69 Å². The smallest absolute Gasteiger partial charge is 0.341 e. The first-order chi connectivity index (χ1) is 17.9. The van der Waals surface area contributed by atoms with E-state index >= 15 is 0 Å². The molecule has 0 fully saturated rings. The molecule has 0 radical (unpaired) electrons. The summed E-state index contributed by atoms with van der Waals surface area (Å²) in [6.45, 7) is 2.89. The van der Waals surface area contributed by atoms with Crippen LogP contribution in [0.25, 0.3) is 17.0 Å². The summed E-state index contributed by atoms with van der Waals surface area (Å²) in [6, 6.07) is 10.1. The van der Waals surface area contributed by atoms with E-state index in [1.54, 1.807) is 48.9 Å². The maximum atomic E-state index is 12.1. The monoisotopic (exact) mass is 563 g/mol. The molecule has 37 heavy (non-hydrogen) atoms. The Balaban J connectivity index is 1.68. The highest BCUT2D eigenvalue weighted by molar-refractivity contribution is 8.76. The molecule has 0 saturated heterocycles. The predicted octanol–water partition coefficient (Wildman–Crippen LogP) is 5.38. The number of methoxy groups -OCH3 is 1. The zero-order valence-electron chi connectivity index (χ0n) is 19.8. The number of carbonyl (C=O) groups is 1. The van der Waals surface area contributed by atoms with E-state index in [2.05, 4.69) is 5.10 Å². The number of halogens is 1. The van der Waals surface area contributed by atoms with Crippen LogP contribution in [-0.4, -0.2) is 57.2 Å². The molecule has 0 aliphatic rings. The van der Waals surface area contributed by atoms with Gasteiger partial charge in [-0.25, -0.2) is 14.5 Å². The zero-order valence-corrected chi connectivity index (χ0v) is 22.2. The molecule has 0 bridgehead atoms. The van der Waals surface area contributed by atoms with Gasteiger partial charge in [0.05, 0.1) is 57.5 Å². The van der Waals surface area contributed by atoms with E-state index in [0.717, 1.165) is 0 Å². The SMILES string of the molecule is CCOC(=O)c1cnn(-c2nc3cc(SSc4ccccc4[N+](=O)[O-])c(Cl)cc3n2COCCOC)c1. The summed E-state index contributed by atoms with van der Waals surface area (Å²) in [5.41, 5.74) is 1.60. The molecule has 2 heterocycles. The van der Waals surface area contributed by atoms with Crippen LogP contribution >= 0.6 is 33.2 Å². The quantitative estimate of drug-likeness (QED) is 0.0729. The Morgan fingerprint density at radius 1 is 1.19 bits per heavy atom. The molecule has 0 spiro atoms. The van der Waals surface area contributed by atoms with Crippen molar-refractivity contribution in [2.45, 2.75) is 23.4 Å². The number of carbonyl (C=O) groups excluding carboxylic acids is 1. The average Bonchev–Trinajstić information content (AvgIpc) is 3.51. The number of rotatable bonds is 12. The van der Waals surface area contributed by atoms with Gasteiger partial charge in [-0.1, -0.05) is 34.5 Å². The Hall–Kier alpha value is -3.10. The first-order valence-electron chi connectivity index (χ1n) is 11.0. The first-order valence-corrected chi connectivity index (χ1v) is 13.5. The van der Waals surface area contributed by atoms with Gasteiger partial charge in [0.2, 0.25) is 5.95 Å². The van der Waals surface area contributed by atoms with Gasteiger partial charge >= 0.3 is 5.97 Å². The van der Waals surface area contributed by atoms with E-state index in [1.165, 1.54) is 44.7 Å². The minimum atomic E-state index is -0.485. The minimum Gasteiger partial charge on any atom is -0.462 e. The Kier molecular flexibility index (Phi) is 9.05. The number of fused-ring (bicyclic) bond motifs is 1. The average molecular weight is 564 g/mol. The largest absolute Gasteiger partial charge is 0.462 e. The van der Waals surface area contributed by atoms with Crippen molar-refractivity contribution >= 4 is 55.9 Å². The normalized spacial score (nSPS) is 11.2. The molecule has 4 aromatic rings. The van der Waals surface area contributed by atoms with Gasteiger partial charge in [-0.2, -0.15) is 5.10 Å². The van der Waals surface area contributed by atoms with Gasteiger partial charge in [-0.3, -0.25) is 14.7 Å². The van der Waals surface area contributed by atoms with Crippen LogP contribution < -0.4 is 0 Å². The minimum absolute atomic E-state index is 0.0214. The fourth-order valence-corrected chi connectivity index (χ4v) is 5.92. The fourth-order valence-electron chi connectivity index (χ4n) is 3.30. The second kappa shape index (κ2) is 12.4. The number of para-hydroxylation sites is 1. The number of esters is 1. The highest BCUT2D eigenvalue weighted by Gasteiger charge is 2.19. The van der Waals surface area contributed by atoms with Crippen LogP contribution in [0.3, 0.4) is 0 Å². The first kappa shape index (κ1) is 26.9. The maximum Gasteiger partial charge on any atom is 0.341 e. The van der Waals surface area contributed by atoms with Gasteiger partial charge in [0.1, 0.15) is 6.73 Å². The highest BCUT2D eigenvalue weighted by atomic mass is 35.5. The predicted molar refractivity (Wildman–Crippen MR) is 140 cm³/mol.